The predicted molar refractivity (Wildman–Crippen MR) is 83.0 cm³/mol. The Morgan fingerprint density at radius 3 is 2.55 bits per heavy atom. The van der Waals surface area contributed by atoms with Gasteiger partial charge in [0.1, 0.15) is 0 Å². The number of nitrogen functional groups attached to an aromatic ring is 1. The van der Waals surface area contributed by atoms with E-state index in [1.54, 1.807) is 30.1 Å². The molecule has 0 heterocycles. The highest BCUT2D eigenvalue weighted by Crippen LogP contribution is 2.19. The molecule has 2 aromatic carbocycles. The van der Waals surface area contributed by atoms with Crippen molar-refractivity contribution in [3.05, 3.63) is 64.7 Å². The van der Waals surface area contributed by atoms with E-state index in [1.165, 1.54) is 5.56 Å². The lowest BCUT2D eigenvalue weighted by Crippen LogP contribution is -2.29. The van der Waals surface area contributed by atoms with E-state index < -0.39 is 0 Å². The van der Waals surface area contributed by atoms with Crippen LogP contribution in [0.1, 0.15) is 15.9 Å². The van der Waals surface area contributed by atoms with Crippen LogP contribution in [0.3, 0.4) is 0 Å². The molecular weight excluding hydrogens is 272 g/mol. The number of carbonyl (C=O) groups is 1. The van der Waals surface area contributed by atoms with Crippen LogP contribution < -0.4 is 5.73 Å². The molecule has 0 radical (unpaired) electrons. The molecule has 0 aliphatic carbocycles. The van der Waals surface area contributed by atoms with Gasteiger partial charge < -0.3 is 10.6 Å². The van der Waals surface area contributed by atoms with Crippen LogP contribution in [0.25, 0.3) is 0 Å². The van der Waals surface area contributed by atoms with Gasteiger partial charge in [0.25, 0.3) is 5.91 Å². The van der Waals surface area contributed by atoms with Gasteiger partial charge in [-0.2, -0.15) is 0 Å². The summed E-state index contributed by atoms with van der Waals surface area (Å²) in [6.07, 6.45) is 0.816. The molecular formula is C16H17ClN2O. The summed E-state index contributed by atoms with van der Waals surface area (Å²) in [6, 6.07) is 15.0. The number of hydrogen-bond acceptors (Lipinski definition) is 2. The number of rotatable bonds is 4. The largest absolute Gasteiger partial charge is 0.398 e. The average Bonchev–Trinajstić information content (AvgIpc) is 2.45. The second kappa shape index (κ2) is 6.44. The minimum atomic E-state index is -0.0879. The lowest BCUT2D eigenvalue weighted by atomic mass is 10.1. The topological polar surface area (TPSA) is 46.3 Å². The predicted octanol–water partition coefficient (Wildman–Crippen LogP) is 3.24. The summed E-state index contributed by atoms with van der Waals surface area (Å²) in [5.41, 5.74) is 7.94. The number of nitrogens with zero attached hydrogens (tertiary/aromatic N) is 1. The second-order valence-corrected chi connectivity index (χ2v) is 5.13. The SMILES string of the molecule is CN(CCc1ccccc1)C(=O)c1ccc(Cl)cc1N. The quantitative estimate of drug-likeness (QED) is 0.878. The molecule has 0 bridgehead atoms. The molecule has 0 fully saturated rings. The maximum atomic E-state index is 12.3. The lowest BCUT2D eigenvalue weighted by molar-refractivity contribution is 0.0797. The van der Waals surface area contributed by atoms with E-state index >= 15 is 0 Å². The minimum Gasteiger partial charge on any atom is -0.398 e. The zero-order chi connectivity index (χ0) is 14.5. The number of hydrogen-bond donors (Lipinski definition) is 1. The van der Waals surface area contributed by atoms with E-state index in [-0.39, 0.29) is 5.91 Å². The Morgan fingerprint density at radius 2 is 1.90 bits per heavy atom. The summed E-state index contributed by atoms with van der Waals surface area (Å²) in [5.74, 6) is -0.0879. The summed E-state index contributed by atoms with van der Waals surface area (Å²) in [7, 11) is 1.78. The third-order valence-corrected chi connectivity index (χ3v) is 3.40. The minimum absolute atomic E-state index is 0.0879. The molecule has 3 nitrogen and oxygen atoms in total. The molecule has 0 saturated carbocycles. The molecule has 2 N–H and O–H groups in total. The van der Waals surface area contributed by atoms with Crippen molar-refractivity contribution in [1.29, 1.82) is 0 Å². The maximum absolute atomic E-state index is 12.3. The fourth-order valence-electron chi connectivity index (χ4n) is 1.98. The third-order valence-electron chi connectivity index (χ3n) is 3.17. The molecule has 2 rings (SSSR count). The summed E-state index contributed by atoms with van der Waals surface area (Å²) in [6.45, 7) is 0.644. The smallest absolute Gasteiger partial charge is 0.255 e. The van der Waals surface area contributed by atoms with Crippen LogP contribution in [0, 0.1) is 0 Å². The van der Waals surface area contributed by atoms with Gasteiger partial charge in [0, 0.05) is 24.3 Å². The van der Waals surface area contributed by atoms with E-state index in [0.717, 1.165) is 6.42 Å². The number of halogens is 1. The first-order valence-electron chi connectivity index (χ1n) is 6.42. The van der Waals surface area contributed by atoms with Gasteiger partial charge in [-0.3, -0.25) is 4.79 Å². The van der Waals surface area contributed by atoms with Gasteiger partial charge in [-0.15, -0.1) is 0 Å². The van der Waals surface area contributed by atoms with Gasteiger partial charge in [-0.1, -0.05) is 41.9 Å². The highest BCUT2D eigenvalue weighted by molar-refractivity contribution is 6.31. The van der Waals surface area contributed by atoms with Crippen LogP contribution >= 0.6 is 11.6 Å². The fourth-order valence-corrected chi connectivity index (χ4v) is 2.16. The van der Waals surface area contributed by atoms with Gasteiger partial charge in [0.05, 0.1) is 5.56 Å². The summed E-state index contributed by atoms with van der Waals surface area (Å²) in [4.78, 5) is 14.0. The van der Waals surface area contributed by atoms with Crippen LogP contribution in [-0.4, -0.2) is 24.4 Å². The highest BCUT2D eigenvalue weighted by Gasteiger charge is 2.14. The van der Waals surface area contributed by atoms with Crippen molar-refractivity contribution in [2.75, 3.05) is 19.3 Å². The monoisotopic (exact) mass is 288 g/mol. The van der Waals surface area contributed by atoms with E-state index in [1.807, 2.05) is 18.2 Å². The Bertz CT molecular complexity index is 599. The van der Waals surface area contributed by atoms with E-state index in [4.69, 9.17) is 17.3 Å². The number of likely N-dealkylation sites (N-methyl/N-ethyl adjacent to an activating group) is 1. The van der Waals surface area contributed by atoms with Crippen molar-refractivity contribution in [1.82, 2.24) is 4.90 Å². The van der Waals surface area contributed by atoms with Gasteiger partial charge in [0.2, 0.25) is 0 Å². The Kier molecular flexibility index (Phi) is 4.64. The molecule has 4 heteroatoms. The standard InChI is InChI=1S/C16H17ClN2O/c1-19(10-9-12-5-3-2-4-6-12)16(20)14-8-7-13(17)11-15(14)18/h2-8,11H,9-10,18H2,1H3. The number of carbonyl (C=O) groups excluding carboxylic acids is 1. The zero-order valence-corrected chi connectivity index (χ0v) is 12.1. The van der Waals surface area contributed by atoms with Gasteiger partial charge in [-0.05, 0) is 30.2 Å². The molecule has 0 aromatic heterocycles. The molecule has 2 aromatic rings. The van der Waals surface area contributed by atoms with E-state index in [2.05, 4.69) is 12.1 Å². The normalized spacial score (nSPS) is 10.3. The highest BCUT2D eigenvalue weighted by atomic mass is 35.5. The molecule has 0 saturated heterocycles. The van der Waals surface area contributed by atoms with Gasteiger partial charge >= 0.3 is 0 Å². The molecule has 0 spiro atoms. The van der Waals surface area contributed by atoms with Crippen LogP contribution in [0.5, 0.6) is 0 Å². The molecule has 104 valence electrons. The fraction of sp³-hybridized carbons (Fsp3) is 0.188. The van der Waals surface area contributed by atoms with Crippen LogP contribution in [-0.2, 0) is 6.42 Å². The number of benzene rings is 2. The number of nitrogens with two attached hydrogens (primary N) is 1. The first-order valence-corrected chi connectivity index (χ1v) is 6.80. The van der Waals surface area contributed by atoms with E-state index in [9.17, 15) is 4.79 Å². The van der Waals surface area contributed by atoms with Crippen LogP contribution in [0.4, 0.5) is 5.69 Å². The van der Waals surface area contributed by atoms with E-state index in [0.29, 0.717) is 22.8 Å². The van der Waals surface area contributed by atoms with Crippen LogP contribution in [0.15, 0.2) is 48.5 Å². The summed E-state index contributed by atoms with van der Waals surface area (Å²) >= 11 is 5.84. The Hall–Kier alpha value is -2.00. The van der Waals surface area contributed by atoms with Crippen molar-refractivity contribution in [3.8, 4) is 0 Å². The molecule has 0 atom stereocenters. The van der Waals surface area contributed by atoms with Gasteiger partial charge in [-0.25, -0.2) is 0 Å². The average molecular weight is 289 g/mol. The van der Waals surface area contributed by atoms with Crippen molar-refractivity contribution in [2.45, 2.75) is 6.42 Å². The first-order chi connectivity index (χ1) is 9.58. The number of amides is 1. The molecule has 20 heavy (non-hydrogen) atoms. The van der Waals surface area contributed by atoms with Crippen molar-refractivity contribution >= 4 is 23.2 Å². The van der Waals surface area contributed by atoms with Crippen molar-refractivity contribution < 1.29 is 4.79 Å². The maximum Gasteiger partial charge on any atom is 0.255 e. The summed E-state index contributed by atoms with van der Waals surface area (Å²) < 4.78 is 0. The molecule has 0 unspecified atom stereocenters. The van der Waals surface area contributed by atoms with Crippen LogP contribution in [0.2, 0.25) is 5.02 Å². The molecule has 0 aliphatic rings. The lowest BCUT2D eigenvalue weighted by Gasteiger charge is -2.18. The summed E-state index contributed by atoms with van der Waals surface area (Å²) in [5, 5.41) is 0.533. The Balaban J connectivity index is 2.01. The van der Waals surface area contributed by atoms with Gasteiger partial charge in [0.15, 0.2) is 0 Å². The molecule has 1 amide bonds. The van der Waals surface area contributed by atoms with Crippen molar-refractivity contribution in [3.63, 3.8) is 0 Å². The first kappa shape index (κ1) is 14.4. The van der Waals surface area contributed by atoms with Crippen molar-refractivity contribution in [2.24, 2.45) is 0 Å². The number of anilines is 1. The Labute approximate surface area is 124 Å². The second-order valence-electron chi connectivity index (χ2n) is 4.69. The third kappa shape index (κ3) is 3.52. The Morgan fingerprint density at radius 1 is 1.20 bits per heavy atom. The zero-order valence-electron chi connectivity index (χ0n) is 11.3. The molecule has 0 aliphatic heterocycles.